The van der Waals surface area contributed by atoms with Crippen molar-refractivity contribution in [2.45, 2.75) is 32.9 Å². The van der Waals surface area contributed by atoms with Crippen LogP contribution in [-0.4, -0.2) is 53.8 Å². The zero-order valence-corrected chi connectivity index (χ0v) is 12.3. The summed E-state index contributed by atoms with van der Waals surface area (Å²) in [5, 5.41) is 3.38. The van der Waals surface area contributed by atoms with Crippen molar-refractivity contribution in [1.82, 2.24) is 19.8 Å². The Morgan fingerprint density at radius 2 is 2.32 bits per heavy atom. The molecule has 1 aliphatic rings. The summed E-state index contributed by atoms with van der Waals surface area (Å²) >= 11 is 0. The fourth-order valence-electron chi connectivity index (χ4n) is 2.63. The van der Waals surface area contributed by atoms with Gasteiger partial charge in [-0.15, -0.1) is 0 Å². The Labute approximate surface area is 116 Å². The SMILES string of the molecule is CCN(CC)CC(C)n1cncc1C1CNCCO1. The maximum atomic E-state index is 5.83. The fraction of sp³-hybridized carbons (Fsp3) is 0.786. The lowest BCUT2D eigenvalue weighted by Gasteiger charge is -2.28. The average Bonchev–Trinajstić information content (AvgIpc) is 2.95. The van der Waals surface area contributed by atoms with E-state index in [9.17, 15) is 0 Å². The zero-order valence-electron chi connectivity index (χ0n) is 12.3. The maximum Gasteiger partial charge on any atom is 0.111 e. The molecule has 0 spiro atoms. The van der Waals surface area contributed by atoms with Crippen LogP contribution in [0, 0.1) is 0 Å². The highest BCUT2D eigenvalue weighted by Gasteiger charge is 2.22. The van der Waals surface area contributed by atoms with Crippen molar-refractivity contribution in [3.05, 3.63) is 18.2 Å². The normalized spacial score (nSPS) is 21.8. The summed E-state index contributed by atoms with van der Waals surface area (Å²) in [5.74, 6) is 0. The monoisotopic (exact) mass is 266 g/mol. The lowest BCUT2D eigenvalue weighted by atomic mass is 10.2. The van der Waals surface area contributed by atoms with Gasteiger partial charge in [-0.1, -0.05) is 13.8 Å². The molecular weight excluding hydrogens is 240 g/mol. The minimum Gasteiger partial charge on any atom is -0.369 e. The van der Waals surface area contributed by atoms with Crippen LogP contribution >= 0.6 is 0 Å². The van der Waals surface area contributed by atoms with Gasteiger partial charge in [0.25, 0.3) is 0 Å². The number of hydrogen-bond acceptors (Lipinski definition) is 4. The van der Waals surface area contributed by atoms with Crippen LogP contribution in [0.1, 0.15) is 38.6 Å². The van der Waals surface area contributed by atoms with Crippen LogP contribution < -0.4 is 5.32 Å². The third-order valence-corrected chi connectivity index (χ3v) is 3.85. The van der Waals surface area contributed by atoms with Crippen molar-refractivity contribution >= 4 is 0 Å². The third-order valence-electron chi connectivity index (χ3n) is 3.85. The van der Waals surface area contributed by atoms with Crippen LogP contribution in [0.25, 0.3) is 0 Å². The Morgan fingerprint density at radius 3 is 2.95 bits per heavy atom. The van der Waals surface area contributed by atoms with Gasteiger partial charge in [-0.25, -0.2) is 4.98 Å². The van der Waals surface area contributed by atoms with Crippen LogP contribution in [0.5, 0.6) is 0 Å². The molecule has 108 valence electrons. The molecule has 5 nitrogen and oxygen atoms in total. The molecular formula is C14H26N4O. The van der Waals surface area contributed by atoms with Gasteiger partial charge in [0.1, 0.15) is 6.10 Å². The number of nitrogens with zero attached hydrogens (tertiary/aromatic N) is 3. The molecule has 19 heavy (non-hydrogen) atoms. The first-order valence-corrected chi connectivity index (χ1v) is 7.32. The number of imidazole rings is 1. The van der Waals surface area contributed by atoms with E-state index in [1.165, 1.54) is 5.69 Å². The lowest BCUT2D eigenvalue weighted by molar-refractivity contribution is 0.0217. The maximum absolute atomic E-state index is 5.83. The molecule has 2 rings (SSSR count). The highest BCUT2D eigenvalue weighted by molar-refractivity contribution is 5.06. The summed E-state index contributed by atoms with van der Waals surface area (Å²) in [6.07, 6.45) is 4.01. The molecule has 1 aromatic heterocycles. The molecule has 1 saturated heterocycles. The first kappa shape index (κ1) is 14.5. The van der Waals surface area contributed by atoms with Gasteiger partial charge in [-0.2, -0.15) is 0 Å². The molecule has 1 aliphatic heterocycles. The molecule has 1 aromatic rings. The molecule has 0 saturated carbocycles. The molecule has 2 unspecified atom stereocenters. The number of nitrogens with one attached hydrogen (secondary N) is 1. The van der Waals surface area contributed by atoms with E-state index in [2.05, 4.69) is 40.5 Å². The van der Waals surface area contributed by atoms with Gasteiger partial charge in [0.15, 0.2) is 0 Å². The van der Waals surface area contributed by atoms with Crippen LogP contribution in [0.2, 0.25) is 0 Å². The second kappa shape index (κ2) is 7.03. The van der Waals surface area contributed by atoms with Crippen molar-refractivity contribution in [1.29, 1.82) is 0 Å². The second-order valence-electron chi connectivity index (χ2n) is 5.12. The number of hydrogen-bond donors (Lipinski definition) is 1. The molecule has 1 fully saturated rings. The summed E-state index contributed by atoms with van der Waals surface area (Å²) in [5.41, 5.74) is 1.19. The number of aromatic nitrogens is 2. The summed E-state index contributed by atoms with van der Waals surface area (Å²) in [7, 11) is 0. The highest BCUT2D eigenvalue weighted by Crippen LogP contribution is 2.22. The predicted octanol–water partition coefficient (Wildman–Crippen LogP) is 1.45. The molecule has 2 heterocycles. The zero-order chi connectivity index (χ0) is 13.7. The fourth-order valence-corrected chi connectivity index (χ4v) is 2.63. The molecule has 0 bridgehead atoms. The van der Waals surface area contributed by atoms with Gasteiger partial charge >= 0.3 is 0 Å². The van der Waals surface area contributed by atoms with Crippen LogP contribution in [0.15, 0.2) is 12.5 Å². The van der Waals surface area contributed by atoms with Crippen molar-refractivity contribution in [2.24, 2.45) is 0 Å². The Balaban J connectivity index is 2.05. The van der Waals surface area contributed by atoms with E-state index >= 15 is 0 Å². The Kier molecular flexibility index (Phi) is 5.36. The van der Waals surface area contributed by atoms with E-state index < -0.39 is 0 Å². The van der Waals surface area contributed by atoms with Crippen LogP contribution in [0.4, 0.5) is 0 Å². The molecule has 1 N–H and O–H groups in total. The van der Waals surface area contributed by atoms with Crippen LogP contribution in [-0.2, 0) is 4.74 Å². The minimum atomic E-state index is 0.135. The first-order chi connectivity index (χ1) is 9.26. The van der Waals surface area contributed by atoms with Gasteiger partial charge in [-0.3, -0.25) is 0 Å². The van der Waals surface area contributed by atoms with Gasteiger partial charge in [-0.05, 0) is 20.0 Å². The van der Waals surface area contributed by atoms with Crippen molar-refractivity contribution in [3.8, 4) is 0 Å². The van der Waals surface area contributed by atoms with E-state index in [4.69, 9.17) is 4.74 Å². The van der Waals surface area contributed by atoms with E-state index in [-0.39, 0.29) is 6.10 Å². The number of morpholine rings is 1. The van der Waals surface area contributed by atoms with Crippen molar-refractivity contribution in [3.63, 3.8) is 0 Å². The lowest BCUT2D eigenvalue weighted by Crippen LogP contribution is -2.35. The molecule has 2 atom stereocenters. The topological polar surface area (TPSA) is 42.3 Å². The van der Waals surface area contributed by atoms with Crippen molar-refractivity contribution in [2.75, 3.05) is 39.3 Å². The van der Waals surface area contributed by atoms with Crippen molar-refractivity contribution < 1.29 is 4.74 Å². The summed E-state index contributed by atoms with van der Waals surface area (Å²) in [6.45, 7) is 12.5. The summed E-state index contributed by atoms with van der Waals surface area (Å²) in [6, 6.07) is 0.419. The smallest absolute Gasteiger partial charge is 0.111 e. The Morgan fingerprint density at radius 1 is 1.53 bits per heavy atom. The number of likely N-dealkylation sites (N-methyl/N-ethyl adjacent to an activating group) is 1. The van der Waals surface area contributed by atoms with E-state index in [0.717, 1.165) is 39.3 Å². The van der Waals surface area contributed by atoms with Gasteiger partial charge in [0.05, 0.1) is 24.8 Å². The Bertz CT molecular complexity index is 369. The van der Waals surface area contributed by atoms with Gasteiger partial charge in [0.2, 0.25) is 0 Å². The predicted molar refractivity (Wildman–Crippen MR) is 76.3 cm³/mol. The average molecular weight is 266 g/mol. The quantitative estimate of drug-likeness (QED) is 0.846. The van der Waals surface area contributed by atoms with Crippen LogP contribution in [0.3, 0.4) is 0 Å². The Hall–Kier alpha value is -0.910. The summed E-state index contributed by atoms with van der Waals surface area (Å²) in [4.78, 5) is 6.75. The first-order valence-electron chi connectivity index (χ1n) is 7.32. The molecule has 0 amide bonds. The number of ether oxygens (including phenoxy) is 1. The standard InChI is InChI=1S/C14H26N4O/c1-4-17(5-2)10-12(3)18-11-16-8-13(18)14-9-15-6-7-19-14/h8,11-12,14-15H,4-7,9-10H2,1-3H3. The molecule has 0 radical (unpaired) electrons. The van der Waals surface area contributed by atoms with E-state index in [0.29, 0.717) is 6.04 Å². The second-order valence-corrected chi connectivity index (χ2v) is 5.12. The van der Waals surface area contributed by atoms with Gasteiger partial charge in [0, 0.05) is 25.7 Å². The number of rotatable bonds is 6. The summed E-state index contributed by atoms with van der Waals surface area (Å²) < 4.78 is 8.09. The minimum absolute atomic E-state index is 0.135. The molecule has 0 aliphatic carbocycles. The van der Waals surface area contributed by atoms with Gasteiger partial charge < -0.3 is 19.5 Å². The molecule has 0 aromatic carbocycles. The van der Waals surface area contributed by atoms with E-state index in [1.54, 1.807) is 0 Å². The third kappa shape index (κ3) is 3.55. The highest BCUT2D eigenvalue weighted by atomic mass is 16.5. The van der Waals surface area contributed by atoms with E-state index in [1.807, 2.05) is 12.5 Å². The largest absolute Gasteiger partial charge is 0.369 e. The molecule has 5 heteroatoms.